The monoisotopic (exact) mass is 305 g/mol. The summed E-state index contributed by atoms with van der Waals surface area (Å²) < 4.78 is 0. The number of hydrogen-bond donors (Lipinski definition) is 3. The molecule has 16 heavy (non-hydrogen) atoms. The van der Waals surface area contributed by atoms with Crippen molar-refractivity contribution in [3.05, 3.63) is 38.0 Å². The zero-order valence-corrected chi connectivity index (χ0v) is 11.3. The summed E-state index contributed by atoms with van der Waals surface area (Å²) in [6.07, 6.45) is 2.50. The van der Waals surface area contributed by atoms with Crippen LogP contribution in [0.25, 0.3) is 0 Å². The van der Waals surface area contributed by atoms with E-state index in [1.807, 2.05) is 0 Å². The van der Waals surface area contributed by atoms with E-state index in [1.165, 1.54) is 0 Å². The van der Waals surface area contributed by atoms with Crippen molar-refractivity contribution in [2.45, 2.75) is 0 Å². The van der Waals surface area contributed by atoms with Crippen LogP contribution in [0.1, 0.15) is 0 Å². The summed E-state index contributed by atoms with van der Waals surface area (Å²) in [6, 6.07) is 0. The first-order chi connectivity index (χ1) is 6.81. The van der Waals surface area contributed by atoms with Gasteiger partial charge in [0.15, 0.2) is 0 Å². The quantitative estimate of drug-likeness (QED) is 0.664. The van der Waals surface area contributed by atoms with Crippen molar-refractivity contribution < 1.29 is 62.4 Å². The second-order valence-corrected chi connectivity index (χ2v) is 1.63. The Hall–Kier alpha value is -1.27. The average Bonchev–Trinajstić information content (AvgIpc) is 2.19. The van der Waals surface area contributed by atoms with E-state index in [9.17, 15) is 14.4 Å². The van der Waals surface area contributed by atoms with Gasteiger partial charge in [0.25, 0.3) is 0 Å². The Morgan fingerprint density at radius 1 is 0.688 bits per heavy atom. The fourth-order valence-electron chi connectivity index (χ4n) is 0. The molecule has 0 spiro atoms. The van der Waals surface area contributed by atoms with Crippen LogP contribution in [-0.2, 0) is 47.1 Å². The van der Waals surface area contributed by atoms with E-state index in [0.717, 1.165) is 18.2 Å². The molecule has 0 aromatic carbocycles. The number of hydrogen-bond acceptors (Lipinski definition) is 3. The number of carbonyl (C=O) groups is 3. The number of aliphatic carboxylic acids is 3. The van der Waals surface area contributed by atoms with E-state index in [0.29, 0.717) is 0 Å². The molecule has 7 heteroatoms. The van der Waals surface area contributed by atoms with Gasteiger partial charge < -0.3 is 15.3 Å². The summed E-state index contributed by atoms with van der Waals surface area (Å²) in [5, 5.41) is 22.8. The molecular weight excluding hydrogens is 293 g/mol. The van der Waals surface area contributed by atoms with Crippen molar-refractivity contribution in [2.24, 2.45) is 0 Å². The molecule has 6 nitrogen and oxygen atoms in total. The Labute approximate surface area is 118 Å². The van der Waals surface area contributed by atoms with Crippen LogP contribution in [-0.4, -0.2) is 33.2 Å². The third kappa shape index (κ3) is 78.2. The van der Waals surface area contributed by atoms with Gasteiger partial charge in [0.2, 0.25) is 0 Å². The maximum Gasteiger partial charge on any atom is 0.327 e. The number of rotatable bonds is 3. The number of carboxylic acid groups (broad SMARTS) is 3. The standard InChI is InChI=1S/3C3H4O2.Y/c3*1-2-3(4)5;/h3*2H,1H2,(H,4,5);. The maximum atomic E-state index is 9.25. The Bertz CT molecular complexity index is 216. The van der Waals surface area contributed by atoms with Crippen LogP contribution in [0.4, 0.5) is 0 Å². The van der Waals surface area contributed by atoms with Gasteiger partial charge in [-0.25, -0.2) is 14.4 Å². The van der Waals surface area contributed by atoms with Gasteiger partial charge in [-0.05, 0) is 0 Å². The van der Waals surface area contributed by atoms with Gasteiger partial charge in [-0.2, -0.15) is 0 Å². The summed E-state index contributed by atoms with van der Waals surface area (Å²) in [4.78, 5) is 27.8. The Morgan fingerprint density at radius 2 is 0.750 bits per heavy atom. The zero-order valence-electron chi connectivity index (χ0n) is 8.50. The van der Waals surface area contributed by atoms with Crippen LogP contribution in [0, 0.1) is 0 Å². The van der Waals surface area contributed by atoms with Crippen LogP contribution < -0.4 is 0 Å². The molecule has 0 rings (SSSR count). The predicted octanol–water partition coefficient (Wildman–Crippen LogP) is 0.769. The van der Waals surface area contributed by atoms with Gasteiger partial charge in [-0.3, -0.25) is 0 Å². The van der Waals surface area contributed by atoms with E-state index in [-0.39, 0.29) is 32.7 Å². The summed E-state index contributed by atoms with van der Waals surface area (Å²) in [5.41, 5.74) is 0. The summed E-state index contributed by atoms with van der Waals surface area (Å²) >= 11 is 0. The topological polar surface area (TPSA) is 112 Å². The molecule has 0 saturated carbocycles. The molecule has 0 aliphatic rings. The largest absolute Gasteiger partial charge is 0.478 e. The zero-order chi connectivity index (χ0) is 12.9. The molecule has 0 saturated heterocycles. The van der Waals surface area contributed by atoms with E-state index >= 15 is 0 Å². The summed E-state index contributed by atoms with van der Waals surface area (Å²) in [6.45, 7) is 8.88. The molecule has 0 heterocycles. The van der Waals surface area contributed by atoms with Gasteiger partial charge in [0.05, 0.1) is 0 Å². The van der Waals surface area contributed by atoms with Crippen LogP contribution in [0.5, 0.6) is 0 Å². The first-order valence-corrected chi connectivity index (χ1v) is 3.37. The molecule has 0 fully saturated rings. The molecular formula is C9H12O6Y. The normalized spacial score (nSPS) is 6.00. The second kappa shape index (κ2) is 19.3. The van der Waals surface area contributed by atoms with Crippen molar-refractivity contribution in [2.75, 3.05) is 0 Å². The van der Waals surface area contributed by atoms with E-state index in [2.05, 4.69) is 19.7 Å². The minimum Gasteiger partial charge on any atom is -0.478 e. The Kier molecular flexibility index (Phi) is 29.1. The number of carboxylic acids is 3. The van der Waals surface area contributed by atoms with E-state index < -0.39 is 17.9 Å². The van der Waals surface area contributed by atoms with Gasteiger partial charge in [-0.15, -0.1) is 0 Å². The van der Waals surface area contributed by atoms with Crippen LogP contribution >= 0.6 is 0 Å². The van der Waals surface area contributed by atoms with Crippen LogP contribution in [0.2, 0.25) is 0 Å². The molecule has 3 N–H and O–H groups in total. The van der Waals surface area contributed by atoms with Gasteiger partial charge in [0.1, 0.15) is 0 Å². The summed E-state index contributed by atoms with van der Waals surface area (Å²) in [7, 11) is 0. The van der Waals surface area contributed by atoms with E-state index in [1.54, 1.807) is 0 Å². The van der Waals surface area contributed by atoms with Gasteiger partial charge >= 0.3 is 17.9 Å². The fraction of sp³-hybridized carbons (Fsp3) is 0. The SMILES string of the molecule is C=CC(=O)O.C=CC(=O)O.C=CC(=O)O.[Y]. The Morgan fingerprint density at radius 3 is 0.750 bits per heavy atom. The van der Waals surface area contributed by atoms with E-state index in [4.69, 9.17) is 15.3 Å². The molecule has 1 radical (unpaired) electrons. The fourth-order valence-corrected chi connectivity index (χ4v) is 0. The third-order valence-electron chi connectivity index (χ3n) is 0.524. The molecule has 0 aliphatic heterocycles. The molecule has 0 aromatic heterocycles. The molecule has 0 amide bonds. The van der Waals surface area contributed by atoms with Crippen molar-refractivity contribution >= 4 is 17.9 Å². The van der Waals surface area contributed by atoms with Crippen molar-refractivity contribution in [1.82, 2.24) is 0 Å². The van der Waals surface area contributed by atoms with Gasteiger partial charge in [0, 0.05) is 50.9 Å². The molecule has 0 aromatic rings. The third-order valence-corrected chi connectivity index (χ3v) is 0.524. The first kappa shape index (κ1) is 24.1. The molecule has 0 aliphatic carbocycles. The minimum absolute atomic E-state index is 0. The Balaban J connectivity index is -0.0000000655. The molecule has 0 unspecified atom stereocenters. The smallest absolute Gasteiger partial charge is 0.327 e. The van der Waals surface area contributed by atoms with Crippen LogP contribution in [0.3, 0.4) is 0 Å². The second-order valence-electron chi connectivity index (χ2n) is 1.63. The average molecular weight is 305 g/mol. The molecule has 87 valence electrons. The van der Waals surface area contributed by atoms with Crippen molar-refractivity contribution in [3.63, 3.8) is 0 Å². The maximum absolute atomic E-state index is 9.25. The minimum atomic E-state index is -0.981. The van der Waals surface area contributed by atoms with Crippen LogP contribution in [0.15, 0.2) is 38.0 Å². The predicted molar refractivity (Wildman–Crippen MR) is 53.5 cm³/mol. The summed E-state index contributed by atoms with van der Waals surface area (Å²) in [5.74, 6) is -2.94. The van der Waals surface area contributed by atoms with Gasteiger partial charge in [-0.1, -0.05) is 19.7 Å². The molecule has 0 atom stereocenters. The van der Waals surface area contributed by atoms with Crippen molar-refractivity contribution in [3.8, 4) is 0 Å². The first-order valence-electron chi connectivity index (χ1n) is 3.37. The molecule has 0 bridgehead atoms. The van der Waals surface area contributed by atoms with Crippen molar-refractivity contribution in [1.29, 1.82) is 0 Å².